The molecule has 2 aromatic rings. The van der Waals surface area contributed by atoms with Crippen molar-refractivity contribution in [3.05, 3.63) is 62.6 Å². The first-order valence-electron chi connectivity index (χ1n) is 6.50. The Morgan fingerprint density at radius 1 is 1.29 bits per heavy atom. The number of hydrogen-bond acceptors (Lipinski definition) is 4. The van der Waals surface area contributed by atoms with Crippen molar-refractivity contribution in [2.24, 2.45) is 0 Å². The van der Waals surface area contributed by atoms with Gasteiger partial charge in [0.1, 0.15) is 5.75 Å². The molecule has 0 radical (unpaired) electrons. The highest BCUT2D eigenvalue weighted by Crippen LogP contribution is 2.27. The summed E-state index contributed by atoms with van der Waals surface area (Å²) in [6, 6.07) is 12.7. The Hall–Kier alpha value is -2.08. The molecule has 0 fully saturated rings. The molecule has 0 saturated heterocycles. The standard InChI is InChI=1S/C15H15BrN2O3/c1-2-21-15-6-4-3-5-13(15)17-10-11-7-8-12(16)14(9-11)18(19)20/h3-9,17H,2,10H2,1H3. The third kappa shape index (κ3) is 3.95. The zero-order chi connectivity index (χ0) is 15.2. The summed E-state index contributed by atoms with van der Waals surface area (Å²) >= 11 is 3.18. The molecule has 2 rings (SSSR count). The number of nitrogens with one attached hydrogen (secondary N) is 1. The van der Waals surface area contributed by atoms with Crippen molar-refractivity contribution in [3.63, 3.8) is 0 Å². The van der Waals surface area contributed by atoms with Crippen LogP contribution in [0, 0.1) is 10.1 Å². The van der Waals surface area contributed by atoms with Gasteiger partial charge in [-0.15, -0.1) is 0 Å². The average Bonchev–Trinajstić information content (AvgIpc) is 2.47. The molecule has 0 spiro atoms. The lowest BCUT2D eigenvalue weighted by molar-refractivity contribution is -0.385. The third-order valence-corrected chi connectivity index (χ3v) is 3.55. The fraction of sp³-hybridized carbons (Fsp3) is 0.200. The summed E-state index contributed by atoms with van der Waals surface area (Å²) in [6.45, 7) is 3.00. The van der Waals surface area contributed by atoms with Gasteiger partial charge in [-0.3, -0.25) is 10.1 Å². The molecular formula is C15H15BrN2O3. The molecule has 0 aliphatic carbocycles. The van der Waals surface area contributed by atoms with E-state index in [0.29, 0.717) is 17.6 Å². The highest BCUT2D eigenvalue weighted by atomic mass is 79.9. The zero-order valence-corrected chi connectivity index (χ0v) is 13.1. The summed E-state index contributed by atoms with van der Waals surface area (Å²) in [5.41, 5.74) is 1.76. The van der Waals surface area contributed by atoms with Gasteiger partial charge in [0.15, 0.2) is 0 Å². The third-order valence-electron chi connectivity index (χ3n) is 2.88. The lowest BCUT2D eigenvalue weighted by Gasteiger charge is -2.12. The first-order valence-corrected chi connectivity index (χ1v) is 7.29. The molecule has 0 saturated carbocycles. The number of rotatable bonds is 6. The van der Waals surface area contributed by atoms with Crippen LogP contribution in [0.1, 0.15) is 12.5 Å². The van der Waals surface area contributed by atoms with Gasteiger partial charge < -0.3 is 10.1 Å². The van der Waals surface area contributed by atoms with Gasteiger partial charge in [0, 0.05) is 12.6 Å². The molecule has 0 bridgehead atoms. The van der Waals surface area contributed by atoms with E-state index in [0.717, 1.165) is 17.0 Å². The molecule has 1 N–H and O–H groups in total. The Morgan fingerprint density at radius 2 is 2.05 bits per heavy atom. The van der Waals surface area contributed by atoms with Crippen LogP contribution < -0.4 is 10.1 Å². The normalized spacial score (nSPS) is 10.2. The Bertz CT molecular complexity index is 647. The predicted molar refractivity (Wildman–Crippen MR) is 85.7 cm³/mol. The number of ether oxygens (including phenoxy) is 1. The minimum absolute atomic E-state index is 0.0624. The number of nitrogens with zero attached hydrogens (tertiary/aromatic N) is 1. The monoisotopic (exact) mass is 350 g/mol. The summed E-state index contributed by atoms with van der Waals surface area (Å²) < 4.78 is 6.01. The minimum Gasteiger partial charge on any atom is -0.492 e. The van der Waals surface area contributed by atoms with E-state index in [1.165, 1.54) is 0 Å². The maximum Gasteiger partial charge on any atom is 0.283 e. The molecule has 0 heterocycles. The second-order valence-corrected chi connectivity index (χ2v) is 5.18. The molecule has 0 aromatic heterocycles. The van der Waals surface area contributed by atoms with Gasteiger partial charge in [-0.05, 0) is 46.6 Å². The Labute approximate surface area is 131 Å². The fourth-order valence-corrected chi connectivity index (χ4v) is 2.29. The van der Waals surface area contributed by atoms with Crippen LogP contribution >= 0.6 is 15.9 Å². The Morgan fingerprint density at radius 3 is 2.76 bits per heavy atom. The maximum atomic E-state index is 10.9. The summed E-state index contributed by atoms with van der Waals surface area (Å²) in [6.07, 6.45) is 0. The topological polar surface area (TPSA) is 64.4 Å². The summed E-state index contributed by atoms with van der Waals surface area (Å²) in [5, 5.41) is 14.2. The number of nitro benzene ring substituents is 1. The van der Waals surface area contributed by atoms with E-state index in [9.17, 15) is 10.1 Å². The minimum atomic E-state index is -0.401. The molecule has 0 aliphatic heterocycles. The Balaban J connectivity index is 2.13. The largest absolute Gasteiger partial charge is 0.492 e. The van der Waals surface area contributed by atoms with Crippen molar-refractivity contribution in [3.8, 4) is 5.75 Å². The molecule has 2 aromatic carbocycles. The number of hydrogen-bond donors (Lipinski definition) is 1. The van der Waals surface area contributed by atoms with E-state index >= 15 is 0 Å². The van der Waals surface area contributed by atoms with Crippen molar-refractivity contribution in [1.82, 2.24) is 0 Å². The molecular weight excluding hydrogens is 336 g/mol. The van der Waals surface area contributed by atoms with Crippen LogP contribution in [-0.4, -0.2) is 11.5 Å². The molecule has 0 unspecified atom stereocenters. The second kappa shape index (κ2) is 7.08. The maximum absolute atomic E-state index is 10.9. The molecule has 110 valence electrons. The van der Waals surface area contributed by atoms with E-state index in [1.807, 2.05) is 37.3 Å². The summed E-state index contributed by atoms with van der Waals surface area (Å²) in [4.78, 5) is 10.5. The van der Waals surface area contributed by atoms with Crippen LogP contribution in [0.2, 0.25) is 0 Å². The smallest absolute Gasteiger partial charge is 0.283 e. The average molecular weight is 351 g/mol. The summed E-state index contributed by atoms with van der Waals surface area (Å²) in [7, 11) is 0. The van der Waals surface area contributed by atoms with Gasteiger partial charge in [-0.25, -0.2) is 0 Å². The quantitative estimate of drug-likeness (QED) is 0.620. The number of halogens is 1. The highest BCUT2D eigenvalue weighted by Gasteiger charge is 2.12. The lowest BCUT2D eigenvalue weighted by atomic mass is 10.2. The van der Waals surface area contributed by atoms with Crippen LogP contribution in [0.3, 0.4) is 0 Å². The predicted octanol–water partition coefficient (Wildman–Crippen LogP) is 4.37. The first kappa shape index (κ1) is 15.3. The van der Waals surface area contributed by atoms with Crippen molar-refractivity contribution in [2.75, 3.05) is 11.9 Å². The van der Waals surface area contributed by atoms with Crippen LogP contribution in [0.25, 0.3) is 0 Å². The highest BCUT2D eigenvalue weighted by molar-refractivity contribution is 9.10. The van der Waals surface area contributed by atoms with E-state index in [-0.39, 0.29) is 5.69 Å². The number of anilines is 1. The molecule has 6 heteroatoms. The molecule has 5 nitrogen and oxygen atoms in total. The van der Waals surface area contributed by atoms with Gasteiger partial charge in [0.25, 0.3) is 5.69 Å². The van der Waals surface area contributed by atoms with Crippen molar-refractivity contribution in [1.29, 1.82) is 0 Å². The van der Waals surface area contributed by atoms with Gasteiger partial charge in [0.2, 0.25) is 0 Å². The fourth-order valence-electron chi connectivity index (χ4n) is 1.90. The van der Waals surface area contributed by atoms with Gasteiger partial charge in [-0.1, -0.05) is 18.2 Å². The lowest BCUT2D eigenvalue weighted by Crippen LogP contribution is -2.03. The van der Waals surface area contributed by atoms with Crippen molar-refractivity contribution in [2.45, 2.75) is 13.5 Å². The van der Waals surface area contributed by atoms with Crippen LogP contribution in [0.5, 0.6) is 5.75 Å². The van der Waals surface area contributed by atoms with Gasteiger partial charge in [-0.2, -0.15) is 0 Å². The zero-order valence-electron chi connectivity index (χ0n) is 11.5. The van der Waals surface area contributed by atoms with Crippen molar-refractivity contribution >= 4 is 27.3 Å². The van der Waals surface area contributed by atoms with Crippen LogP contribution in [0.15, 0.2) is 46.9 Å². The molecule has 0 amide bonds. The second-order valence-electron chi connectivity index (χ2n) is 4.33. The van der Waals surface area contributed by atoms with Gasteiger partial charge in [0.05, 0.1) is 21.7 Å². The van der Waals surface area contributed by atoms with Gasteiger partial charge >= 0.3 is 0 Å². The number of nitro groups is 1. The van der Waals surface area contributed by atoms with Crippen LogP contribution in [0.4, 0.5) is 11.4 Å². The number of benzene rings is 2. The van der Waals surface area contributed by atoms with Crippen LogP contribution in [-0.2, 0) is 6.54 Å². The van der Waals surface area contributed by atoms with Crippen molar-refractivity contribution < 1.29 is 9.66 Å². The number of para-hydroxylation sites is 2. The van der Waals surface area contributed by atoms with E-state index in [2.05, 4.69) is 21.2 Å². The first-order chi connectivity index (χ1) is 10.1. The van der Waals surface area contributed by atoms with E-state index in [1.54, 1.807) is 12.1 Å². The molecule has 21 heavy (non-hydrogen) atoms. The molecule has 0 atom stereocenters. The summed E-state index contributed by atoms with van der Waals surface area (Å²) in [5.74, 6) is 0.770. The van der Waals surface area contributed by atoms with E-state index in [4.69, 9.17) is 4.74 Å². The SMILES string of the molecule is CCOc1ccccc1NCc1ccc(Br)c([N+](=O)[O-])c1. The molecule has 0 aliphatic rings. The Kier molecular flexibility index (Phi) is 5.16. The van der Waals surface area contributed by atoms with E-state index < -0.39 is 4.92 Å².